The normalized spacial score (nSPS) is 16.6. The Morgan fingerprint density at radius 2 is 1.89 bits per heavy atom. The molecule has 0 atom stereocenters. The smallest absolute Gasteiger partial charge is 0.423 e. The molecular weight excluding hydrogens is 241 g/mol. The standard InChI is InChI=1S/C13H22BN3O2/c1-9-11(8-17-5-3-16-4-6-17)7-12(14(18)19)10(2)13(9)15/h7,16,18-19H,3-6,8,15H2,1-2H3. The molecule has 1 fully saturated rings. The van der Waals surface area contributed by atoms with E-state index in [1.54, 1.807) is 0 Å². The molecule has 0 aliphatic carbocycles. The second-order valence-corrected chi connectivity index (χ2v) is 5.19. The average molecular weight is 263 g/mol. The maximum atomic E-state index is 9.43. The van der Waals surface area contributed by atoms with Crippen molar-refractivity contribution in [1.82, 2.24) is 10.2 Å². The summed E-state index contributed by atoms with van der Waals surface area (Å²) in [5, 5.41) is 22.2. The number of hydrogen-bond acceptors (Lipinski definition) is 5. The Morgan fingerprint density at radius 3 is 2.47 bits per heavy atom. The largest absolute Gasteiger partial charge is 0.488 e. The molecule has 1 heterocycles. The highest BCUT2D eigenvalue weighted by atomic mass is 16.4. The number of anilines is 1. The number of nitrogens with one attached hydrogen (secondary N) is 1. The van der Waals surface area contributed by atoms with Gasteiger partial charge in [0, 0.05) is 38.4 Å². The summed E-state index contributed by atoms with van der Waals surface area (Å²) in [6, 6.07) is 1.87. The van der Waals surface area contributed by atoms with Gasteiger partial charge in [0.15, 0.2) is 0 Å². The lowest BCUT2D eigenvalue weighted by Gasteiger charge is -2.28. The topological polar surface area (TPSA) is 81.8 Å². The van der Waals surface area contributed by atoms with Crippen molar-refractivity contribution < 1.29 is 10.0 Å². The van der Waals surface area contributed by atoms with E-state index < -0.39 is 7.12 Å². The summed E-state index contributed by atoms with van der Waals surface area (Å²) in [6.07, 6.45) is 0. The van der Waals surface area contributed by atoms with Gasteiger partial charge in [-0.15, -0.1) is 0 Å². The molecule has 2 rings (SSSR count). The summed E-state index contributed by atoms with van der Waals surface area (Å²) in [5.74, 6) is 0. The number of nitrogens with two attached hydrogens (primary N) is 1. The summed E-state index contributed by atoms with van der Waals surface area (Å²) in [7, 11) is -1.47. The fraction of sp³-hybridized carbons (Fsp3) is 0.538. The lowest BCUT2D eigenvalue weighted by molar-refractivity contribution is 0.233. The van der Waals surface area contributed by atoms with Crippen LogP contribution in [-0.2, 0) is 6.54 Å². The third-order valence-electron chi connectivity index (χ3n) is 3.93. The first-order chi connectivity index (χ1) is 9.00. The molecule has 5 nitrogen and oxygen atoms in total. The summed E-state index contributed by atoms with van der Waals surface area (Å²) in [4.78, 5) is 2.35. The molecule has 104 valence electrons. The van der Waals surface area contributed by atoms with E-state index in [4.69, 9.17) is 5.73 Å². The first kappa shape index (κ1) is 14.3. The SMILES string of the molecule is Cc1c(CN2CCNCC2)cc(B(O)O)c(C)c1N. The van der Waals surface area contributed by atoms with Crippen LogP contribution in [0.25, 0.3) is 0 Å². The minimum absolute atomic E-state index is 0.508. The molecule has 1 aliphatic rings. The van der Waals surface area contributed by atoms with Gasteiger partial charge in [-0.05, 0) is 36.0 Å². The molecule has 1 saturated heterocycles. The Balaban J connectivity index is 2.28. The van der Waals surface area contributed by atoms with Gasteiger partial charge in [-0.1, -0.05) is 6.07 Å². The lowest BCUT2D eigenvalue weighted by atomic mass is 9.75. The van der Waals surface area contributed by atoms with Gasteiger partial charge in [-0.3, -0.25) is 4.90 Å². The van der Waals surface area contributed by atoms with E-state index in [0.717, 1.165) is 49.4 Å². The van der Waals surface area contributed by atoms with Crippen molar-refractivity contribution in [2.24, 2.45) is 0 Å². The number of nitrogen functional groups attached to an aromatic ring is 1. The van der Waals surface area contributed by atoms with Gasteiger partial charge in [0.25, 0.3) is 0 Å². The van der Waals surface area contributed by atoms with E-state index >= 15 is 0 Å². The molecular formula is C13H22BN3O2. The highest BCUT2D eigenvalue weighted by molar-refractivity contribution is 6.59. The first-order valence-electron chi connectivity index (χ1n) is 6.68. The Morgan fingerprint density at radius 1 is 1.26 bits per heavy atom. The van der Waals surface area contributed by atoms with Crippen LogP contribution in [0, 0.1) is 13.8 Å². The fourth-order valence-electron chi connectivity index (χ4n) is 2.56. The molecule has 1 aromatic carbocycles. The minimum Gasteiger partial charge on any atom is -0.423 e. The molecule has 5 N–H and O–H groups in total. The Labute approximate surface area is 114 Å². The van der Waals surface area contributed by atoms with Gasteiger partial charge in [0.05, 0.1) is 0 Å². The van der Waals surface area contributed by atoms with E-state index in [1.165, 1.54) is 0 Å². The Bertz CT molecular complexity index is 460. The van der Waals surface area contributed by atoms with Crippen LogP contribution >= 0.6 is 0 Å². The molecule has 1 aromatic rings. The monoisotopic (exact) mass is 263 g/mol. The maximum absolute atomic E-state index is 9.43. The quantitative estimate of drug-likeness (QED) is 0.414. The third-order valence-corrected chi connectivity index (χ3v) is 3.93. The van der Waals surface area contributed by atoms with E-state index in [9.17, 15) is 10.0 Å². The van der Waals surface area contributed by atoms with Crippen LogP contribution in [0.5, 0.6) is 0 Å². The number of rotatable bonds is 3. The van der Waals surface area contributed by atoms with Crippen LogP contribution < -0.4 is 16.5 Å². The predicted octanol–water partition coefficient (Wildman–Crippen LogP) is -1.03. The molecule has 0 amide bonds. The minimum atomic E-state index is -1.47. The van der Waals surface area contributed by atoms with Crippen LogP contribution in [-0.4, -0.2) is 48.2 Å². The highest BCUT2D eigenvalue weighted by Gasteiger charge is 2.20. The summed E-state index contributed by atoms with van der Waals surface area (Å²) in [6.45, 7) is 8.62. The van der Waals surface area contributed by atoms with Crippen molar-refractivity contribution in [1.29, 1.82) is 0 Å². The van der Waals surface area contributed by atoms with Crippen molar-refractivity contribution in [2.75, 3.05) is 31.9 Å². The zero-order chi connectivity index (χ0) is 14.0. The Kier molecular flexibility index (Phi) is 4.47. The molecule has 0 bridgehead atoms. The summed E-state index contributed by atoms with van der Waals surface area (Å²) in [5.41, 5.74) is 10.1. The average Bonchev–Trinajstić information content (AvgIpc) is 2.40. The van der Waals surface area contributed by atoms with Crippen LogP contribution in [0.4, 0.5) is 5.69 Å². The lowest BCUT2D eigenvalue weighted by Crippen LogP contribution is -2.43. The fourth-order valence-corrected chi connectivity index (χ4v) is 2.56. The van der Waals surface area contributed by atoms with Gasteiger partial charge in [0.1, 0.15) is 0 Å². The van der Waals surface area contributed by atoms with E-state index in [1.807, 2.05) is 19.9 Å². The van der Waals surface area contributed by atoms with Crippen molar-refractivity contribution >= 4 is 18.3 Å². The van der Waals surface area contributed by atoms with Gasteiger partial charge in [0.2, 0.25) is 0 Å². The molecule has 0 saturated carbocycles. The van der Waals surface area contributed by atoms with Crippen LogP contribution in [0.3, 0.4) is 0 Å². The van der Waals surface area contributed by atoms with E-state index in [0.29, 0.717) is 11.2 Å². The molecule has 0 unspecified atom stereocenters. The molecule has 19 heavy (non-hydrogen) atoms. The molecule has 1 aliphatic heterocycles. The maximum Gasteiger partial charge on any atom is 0.488 e. The molecule has 6 heteroatoms. The van der Waals surface area contributed by atoms with Gasteiger partial charge in [-0.2, -0.15) is 0 Å². The first-order valence-corrected chi connectivity index (χ1v) is 6.68. The van der Waals surface area contributed by atoms with Crippen molar-refractivity contribution in [3.63, 3.8) is 0 Å². The molecule has 0 spiro atoms. The number of nitrogens with zero attached hydrogens (tertiary/aromatic N) is 1. The van der Waals surface area contributed by atoms with Crippen molar-refractivity contribution in [3.05, 3.63) is 22.8 Å². The summed E-state index contributed by atoms with van der Waals surface area (Å²) >= 11 is 0. The van der Waals surface area contributed by atoms with E-state index in [-0.39, 0.29) is 0 Å². The van der Waals surface area contributed by atoms with Crippen molar-refractivity contribution in [3.8, 4) is 0 Å². The Hall–Kier alpha value is -1.08. The zero-order valence-corrected chi connectivity index (χ0v) is 11.6. The third kappa shape index (κ3) is 3.09. The van der Waals surface area contributed by atoms with Crippen molar-refractivity contribution in [2.45, 2.75) is 20.4 Å². The molecule has 0 aromatic heterocycles. The molecule has 0 radical (unpaired) electrons. The van der Waals surface area contributed by atoms with Crippen LogP contribution in [0.1, 0.15) is 16.7 Å². The number of benzene rings is 1. The van der Waals surface area contributed by atoms with Gasteiger partial charge in [-0.25, -0.2) is 0 Å². The van der Waals surface area contributed by atoms with Gasteiger partial charge < -0.3 is 21.1 Å². The van der Waals surface area contributed by atoms with Crippen LogP contribution in [0.15, 0.2) is 6.07 Å². The number of hydrogen-bond donors (Lipinski definition) is 4. The van der Waals surface area contributed by atoms with Crippen LogP contribution in [0.2, 0.25) is 0 Å². The number of piperazine rings is 1. The van der Waals surface area contributed by atoms with Gasteiger partial charge >= 0.3 is 7.12 Å². The highest BCUT2D eigenvalue weighted by Crippen LogP contribution is 2.20. The predicted molar refractivity (Wildman–Crippen MR) is 78.3 cm³/mol. The second kappa shape index (κ2) is 5.92. The zero-order valence-electron chi connectivity index (χ0n) is 11.6. The summed E-state index contributed by atoms with van der Waals surface area (Å²) < 4.78 is 0. The van der Waals surface area contributed by atoms with E-state index in [2.05, 4.69) is 10.2 Å². The second-order valence-electron chi connectivity index (χ2n) is 5.19.